The summed E-state index contributed by atoms with van der Waals surface area (Å²) in [5.74, 6) is 1.85. The molecule has 0 aliphatic carbocycles. The molecule has 8 rings (SSSR count). The first kappa shape index (κ1) is 35.2. The van der Waals surface area contributed by atoms with Gasteiger partial charge in [0.05, 0.1) is 5.54 Å². The van der Waals surface area contributed by atoms with Gasteiger partial charge in [-0.2, -0.15) is 6.07 Å². The normalized spacial score (nSPS) is 16.1. The fourth-order valence-electron chi connectivity index (χ4n) is 7.57. The maximum Gasteiger partial charge on any atom is 2.00 e. The predicted molar refractivity (Wildman–Crippen MR) is 207 cm³/mol. The van der Waals surface area contributed by atoms with Gasteiger partial charge in [0.1, 0.15) is 18.3 Å². The van der Waals surface area contributed by atoms with E-state index in [-0.39, 0.29) is 37.4 Å². The van der Waals surface area contributed by atoms with Gasteiger partial charge >= 0.3 is 21.1 Å². The second-order valence-corrected chi connectivity index (χ2v) is 16.7. The Morgan fingerprint density at radius 1 is 0.863 bits per heavy atom. The summed E-state index contributed by atoms with van der Waals surface area (Å²) in [5, 5.41) is 2.38. The van der Waals surface area contributed by atoms with Crippen LogP contribution in [0.5, 0.6) is 0 Å². The van der Waals surface area contributed by atoms with Gasteiger partial charge in [-0.1, -0.05) is 101 Å². The van der Waals surface area contributed by atoms with Crippen LogP contribution in [0, 0.1) is 19.1 Å². The number of aryl methyl sites for hydroxylation is 1. The third-order valence-corrected chi connectivity index (χ3v) is 10.5. The maximum atomic E-state index is 6.18. The van der Waals surface area contributed by atoms with Crippen molar-refractivity contribution in [3.05, 3.63) is 125 Å². The number of ether oxygens (including phenoxy) is 1. The maximum absolute atomic E-state index is 6.18. The van der Waals surface area contributed by atoms with E-state index < -0.39 is 0 Å². The molecule has 6 aromatic rings. The average Bonchev–Trinajstić information content (AvgIpc) is 3.59. The topological polar surface area (TPSA) is 42.7 Å². The van der Waals surface area contributed by atoms with Crippen molar-refractivity contribution in [3.63, 3.8) is 0 Å². The van der Waals surface area contributed by atoms with Crippen molar-refractivity contribution in [2.75, 3.05) is 11.5 Å². The minimum atomic E-state index is -0.281. The van der Waals surface area contributed by atoms with Crippen LogP contribution in [-0.2, 0) is 36.6 Å². The smallest absolute Gasteiger partial charge is 0.518 e. The minimum Gasteiger partial charge on any atom is -0.518 e. The van der Waals surface area contributed by atoms with Crippen LogP contribution in [0.3, 0.4) is 0 Å². The SMILES string of the molecule is Cc1ccc2c(c1)c1cc3c([c-]c1n2-c1cc(C(C)(C)C)ccn1)N(c1[c-]c(C2=NC(C)(C)CO2)cc(C(C)C)c1)c1ccccc1C3(C)C.[Pt+2]. The molecule has 0 unspecified atom stereocenters. The van der Waals surface area contributed by atoms with E-state index in [9.17, 15) is 0 Å². The summed E-state index contributed by atoms with van der Waals surface area (Å²) in [5.41, 5.74) is 11.7. The van der Waals surface area contributed by atoms with E-state index in [1.165, 1.54) is 38.6 Å². The molecule has 0 fully saturated rings. The van der Waals surface area contributed by atoms with Crippen LogP contribution in [0.25, 0.3) is 27.6 Å². The summed E-state index contributed by atoms with van der Waals surface area (Å²) in [7, 11) is 0. The number of aliphatic imine (C=N–C) groups is 1. The molecule has 0 radical (unpaired) electrons. The van der Waals surface area contributed by atoms with Gasteiger partial charge in [0, 0.05) is 17.4 Å². The Morgan fingerprint density at radius 2 is 1.63 bits per heavy atom. The average molecular weight is 854 g/mol. The Morgan fingerprint density at radius 3 is 2.33 bits per heavy atom. The first-order valence-electron chi connectivity index (χ1n) is 17.8. The van der Waals surface area contributed by atoms with Crippen molar-refractivity contribution in [1.82, 2.24) is 9.55 Å². The van der Waals surface area contributed by atoms with E-state index in [0.717, 1.165) is 39.5 Å². The summed E-state index contributed by atoms with van der Waals surface area (Å²) in [6, 6.07) is 34.6. The predicted octanol–water partition coefficient (Wildman–Crippen LogP) is 11.2. The number of benzene rings is 4. The van der Waals surface area contributed by atoms with E-state index in [1.807, 2.05) is 6.20 Å². The zero-order valence-corrected chi connectivity index (χ0v) is 33.6. The molecule has 262 valence electrons. The molecule has 2 aliphatic rings. The van der Waals surface area contributed by atoms with Crippen LogP contribution in [0.2, 0.25) is 0 Å². The van der Waals surface area contributed by atoms with Crippen molar-refractivity contribution in [2.45, 2.75) is 91.5 Å². The van der Waals surface area contributed by atoms with Crippen molar-refractivity contribution in [3.8, 4) is 5.82 Å². The first-order valence-corrected chi connectivity index (χ1v) is 17.8. The molecule has 2 aromatic heterocycles. The van der Waals surface area contributed by atoms with Gasteiger partial charge in [0.15, 0.2) is 0 Å². The number of rotatable bonds is 4. The number of fused-ring (bicyclic) bond motifs is 5. The van der Waals surface area contributed by atoms with Gasteiger partial charge in [0.2, 0.25) is 0 Å². The minimum absolute atomic E-state index is 0. The standard InChI is InChI=1S/C45H46N4O.Pt/c1-27(2)29-20-30(42-47-44(7,8)26-50-42)22-32(21-29)48-38-14-12-11-13-35(38)45(9,10)36-24-34-33-19-28(3)15-16-37(33)49(39(34)25-40(36)48)41-23-31(17-18-46-41)43(4,5)6;/h11-21,23-24,27H,26H2,1-10H3;/q-2;+2. The summed E-state index contributed by atoms with van der Waals surface area (Å²) >= 11 is 0. The van der Waals surface area contributed by atoms with Crippen molar-refractivity contribution in [1.29, 1.82) is 0 Å². The fraction of sp³-hybridized carbons (Fsp3) is 0.333. The van der Waals surface area contributed by atoms with E-state index >= 15 is 0 Å². The van der Waals surface area contributed by atoms with Crippen LogP contribution in [0.4, 0.5) is 17.1 Å². The number of hydrogen-bond acceptors (Lipinski definition) is 4. The number of hydrogen-bond donors (Lipinski definition) is 0. The van der Waals surface area contributed by atoms with Gasteiger partial charge in [-0.25, -0.2) is 4.98 Å². The molecular formula is C45H46N4OPt. The van der Waals surface area contributed by atoms with Crippen molar-refractivity contribution in [2.24, 2.45) is 4.99 Å². The van der Waals surface area contributed by atoms with Gasteiger partial charge in [-0.3, -0.25) is 4.99 Å². The van der Waals surface area contributed by atoms with Gasteiger partial charge < -0.3 is 14.2 Å². The van der Waals surface area contributed by atoms with Gasteiger partial charge in [0.25, 0.3) is 0 Å². The first-order chi connectivity index (χ1) is 23.6. The molecule has 51 heavy (non-hydrogen) atoms. The van der Waals surface area contributed by atoms with Crippen LogP contribution in [-0.4, -0.2) is 27.6 Å². The van der Waals surface area contributed by atoms with Gasteiger partial charge in [-0.05, 0) is 84.0 Å². The Labute approximate surface area is 317 Å². The van der Waals surface area contributed by atoms with Gasteiger partial charge in [-0.15, -0.1) is 40.8 Å². The Bertz CT molecular complexity index is 2370. The van der Waals surface area contributed by atoms with Crippen LogP contribution < -0.4 is 4.90 Å². The van der Waals surface area contributed by atoms with E-state index in [0.29, 0.717) is 18.4 Å². The molecular weight excluding hydrogens is 808 g/mol. The third kappa shape index (κ3) is 5.82. The molecule has 5 nitrogen and oxygen atoms in total. The summed E-state index contributed by atoms with van der Waals surface area (Å²) in [6.45, 7) is 22.8. The Kier molecular flexibility index (Phi) is 8.42. The fourth-order valence-corrected chi connectivity index (χ4v) is 7.57. The third-order valence-electron chi connectivity index (χ3n) is 10.5. The zero-order chi connectivity index (χ0) is 35.3. The largest absolute Gasteiger partial charge is 2.00 e. The molecule has 0 saturated heterocycles. The summed E-state index contributed by atoms with van der Waals surface area (Å²) in [6.07, 6.45) is 1.94. The van der Waals surface area contributed by atoms with E-state index in [4.69, 9.17) is 14.7 Å². The van der Waals surface area contributed by atoms with Crippen molar-refractivity contribution < 1.29 is 25.8 Å². The molecule has 0 amide bonds. The molecule has 0 saturated carbocycles. The van der Waals surface area contributed by atoms with Crippen LogP contribution >= 0.6 is 0 Å². The molecule has 0 bridgehead atoms. The summed E-state index contributed by atoms with van der Waals surface area (Å²) < 4.78 is 8.48. The number of pyridine rings is 1. The second-order valence-electron chi connectivity index (χ2n) is 16.7. The number of aromatic nitrogens is 2. The Hall–Kier alpha value is -4.21. The van der Waals surface area contributed by atoms with E-state index in [2.05, 4.69) is 164 Å². The number of nitrogens with zero attached hydrogens (tertiary/aromatic N) is 4. The van der Waals surface area contributed by atoms with Crippen LogP contribution in [0.1, 0.15) is 102 Å². The Balaban J connectivity index is 0.00000406. The molecule has 0 N–H and O–H groups in total. The van der Waals surface area contributed by atoms with Crippen LogP contribution in [0.15, 0.2) is 84.0 Å². The molecule has 4 heterocycles. The van der Waals surface area contributed by atoms with E-state index in [1.54, 1.807) is 0 Å². The molecule has 0 spiro atoms. The monoisotopic (exact) mass is 853 g/mol. The molecule has 4 aromatic carbocycles. The molecule has 6 heteroatoms. The summed E-state index contributed by atoms with van der Waals surface area (Å²) in [4.78, 5) is 12.3. The quantitative estimate of drug-likeness (QED) is 0.166. The van der Waals surface area contributed by atoms with Crippen molar-refractivity contribution >= 4 is 44.8 Å². The number of para-hydroxylation sites is 1. The second kappa shape index (κ2) is 12.2. The number of anilines is 3. The zero-order valence-electron chi connectivity index (χ0n) is 31.3. The molecule has 2 aliphatic heterocycles. The molecule has 0 atom stereocenters.